The highest BCUT2D eigenvalue weighted by atomic mass is 16.6. The summed E-state index contributed by atoms with van der Waals surface area (Å²) in [6, 6.07) is 5.26. The van der Waals surface area contributed by atoms with Gasteiger partial charge < -0.3 is 25.0 Å². The molecule has 0 aliphatic rings. The van der Waals surface area contributed by atoms with E-state index in [-0.39, 0.29) is 37.4 Å². The quantitative estimate of drug-likeness (QED) is 0.298. The van der Waals surface area contributed by atoms with E-state index in [9.17, 15) is 19.2 Å². The van der Waals surface area contributed by atoms with Crippen LogP contribution in [0.2, 0.25) is 0 Å². The van der Waals surface area contributed by atoms with Gasteiger partial charge in [0.25, 0.3) is 0 Å². The second-order valence-electron chi connectivity index (χ2n) is 12.1. The number of esters is 1. The molecule has 9 nitrogen and oxygen atoms in total. The minimum absolute atomic E-state index is 0.0197. The number of rotatable bonds is 14. The molecule has 3 unspecified atom stereocenters. The Morgan fingerprint density at radius 2 is 1.55 bits per heavy atom. The van der Waals surface area contributed by atoms with Crippen LogP contribution in [0, 0.1) is 18.8 Å². The second-order valence-corrected chi connectivity index (χ2v) is 12.1. The van der Waals surface area contributed by atoms with Crippen LogP contribution in [0.1, 0.15) is 98.7 Å². The van der Waals surface area contributed by atoms with Gasteiger partial charge in [0.1, 0.15) is 17.7 Å². The number of hydrogen-bond acceptors (Lipinski definition) is 6. The summed E-state index contributed by atoms with van der Waals surface area (Å²) in [6.45, 7) is 19.1. The number of aryl methyl sites for hydroxylation is 1. The lowest BCUT2D eigenvalue weighted by molar-refractivity contribution is -0.146. The maximum Gasteiger partial charge on any atom is 0.408 e. The Kier molecular flexibility index (Phi) is 14.2. The van der Waals surface area contributed by atoms with Gasteiger partial charge in [0.05, 0.1) is 13.0 Å². The third kappa shape index (κ3) is 12.0. The predicted octanol–water partition coefficient (Wildman–Crippen LogP) is 5.31. The van der Waals surface area contributed by atoms with Gasteiger partial charge in [-0.05, 0) is 71.8 Å². The molecule has 3 atom stereocenters. The molecule has 3 amide bonds. The molecule has 0 spiro atoms. The molecule has 0 heterocycles. The van der Waals surface area contributed by atoms with Crippen LogP contribution in [-0.2, 0) is 23.9 Å². The summed E-state index contributed by atoms with van der Waals surface area (Å²) < 4.78 is 10.4. The molecule has 0 radical (unpaired) electrons. The molecule has 40 heavy (non-hydrogen) atoms. The standard InChI is InChI=1S/C31H51N3O6/c1-11-39-25(35)18-19-32-28(36)27(24-16-13-22(6)14-17-24)34(23(7)15-12-20(2)3)29(37)26(21(4)5)33-30(38)40-31(8,9)10/h13-14,16-17,20-21,23,26-27H,11-12,15,18-19H2,1-10H3,(H,32,36)(H,33,38). The van der Waals surface area contributed by atoms with Crippen molar-refractivity contribution >= 4 is 23.9 Å². The van der Waals surface area contributed by atoms with Crippen molar-refractivity contribution in [2.75, 3.05) is 13.2 Å². The van der Waals surface area contributed by atoms with E-state index in [4.69, 9.17) is 9.47 Å². The molecule has 0 bridgehead atoms. The first kappa shape index (κ1) is 34.9. The van der Waals surface area contributed by atoms with Crippen molar-refractivity contribution in [1.82, 2.24) is 15.5 Å². The first-order chi connectivity index (χ1) is 18.6. The van der Waals surface area contributed by atoms with Crippen molar-refractivity contribution in [3.05, 3.63) is 35.4 Å². The normalized spacial score (nSPS) is 13.8. The zero-order valence-corrected chi connectivity index (χ0v) is 26.1. The fourth-order valence-corrected chi connectivity index (χ4v) is 4.23. The highest BCUT2D eigenvalue weighted by molar-refractivity contribution is 5.92. The van der Waals surface area contributed by atoms with Crippen molar-refractivity contribution < 1.29 is 28.7 Å². The number of nitrogens with zero attached hydrogens (tertiary/aromatic N) is 1. The number of hydrogen-bond donors (Lipinski definition) is 2. The minimum atomic E-state index is -0.973. The number of carbonyl (C=O) groups is 4. The Bertz CT molecular complexity index is 968. The van der Waals surface area contributed by atoms with E-state index in [0.29, 0.717) is 17.9 Å². The number of amides is 3. The van der Waals surface area contributed by atoms with Gasteiger partial charge in [-0.3, -0.25) is 14.4 Å². The van der Waals surface area contributed by atoms with E-state index in [0.717, 1.165) is 12.0 Å². The molecular weight excluding hydrogens is 510 g/mol. The molecule has 1 aromatic carbocycles. The van der Waals surface area contributed by atoms with Crippen molar-refractivity contribution in [3.8, 4) is 0 Å². The van der Waals surface area contributed by atoms with E-state index in [1.54, 1.807) is 32.6 Å². The number of alkyl carbamates (subject to hydrolysis) is 1. The maximum atomic E-state index is 14.3. The van der Waals surface area contributed by atoms with Crippen LogP contribution in [0.5, 0.6) is 0 Å². The first-order valence-corrected chi connectivity index (χ1v) is 14.4. The Hall–Kier alpha value is -3.10. The molecule has 1 rings (SSSR count). The smallest absolute Gasteiger partial charge is 0.408 e. The van der Waals surface area contributed by atoms with Gasteiger partial charge in [-0.15, -0.1) is 0 Å². The van der Waals surface area contributed by atoms with Crippen LogP contribution < -0.4 is 10.6 Å². The highest BCUT2D eigenvalue weighted by Crippen LogP contribution is 2.29. The molecule has 0 aliphatic carbocycles. The van der Waals surface area contributed by atoms with E-state index in [2.05, 4.69) is 24.5 Å². The molecule has 2 N–H and O–H groups in total. The molecule has 0 aromatic heterocycles. The highest BCUT2D eigenvalue weighted by Gasteiger charge is 2.39. The largest absolute Gasteiger partial charge is 0.466 e. The molecule has 226 valence electrons. The number of benzene rings is 1. The van der Waals surface area contributed by atoms with E-state index >= 15 is 0 Å². The van der Waals surface area contributed by atoms with Crippen LogP contribution >= 0.6 is 0 Å². The fraction of sp³-hybridized carbons (Fsp3) is 0.677. The fourth-order valence-electron chi connectivity index (χ4n) is 4.23. The summed E-state index contributed by atoms with van der Waals surface area (Å²) in [6.07, 6.45) is 0.840. The van der Waals surface area contributed by atoms with Crippen molar-refractivity contribution in [3.63, 3.8) is 0 Å². The molecule has 9 heteroatoms. The molecule has 0 saturated carbocycles. The molecule has 1 aromatic rings. The summed E-state index contributed by atoms with van der Waals surface area (Å²) in [4.78, 5) is 54.3. The van der Waals surface area contributed by atoms with Crippen LogP contribution in [0.25, 0.3) is 0 Å². The van der Waals surface area contributed by atoms with Gasteiger partial charge in [-0.25, -0.2) is 4.79 Å². The summed E-state index contributed by atoms with van der Waals surface area (Å²) >= 11 is 0. The van der Waals surface area contributed by atoms with Gasteiger partial charge in [-0.2, -0.15) is 0 Å². The van der Waals surface area contributed by atoms with Crippen molar-refractivity contribution in [2.24, 2.45) is 11.8 Å². The van der Waals surface area contributed by atoms with Crippen molar-refractivity contribution in [1.29, 1.82) is 0 Å². The average molecular weight is 562 g/mol. The first-order valence-electron chi connectivity index (χ1n) is 14.4. The second kappa shape index (κ2) is 16.2. The zero-order valence-electron chi connectivity index (χ0n) is 26.1. The van der Waals surface area contributed by atoms with E-state index in [1.165, 1.54) is 0 Å². The van der Waals surface area contributed by atoms with E-state index in [1.807, 2.05) is 52.0 Å². The summed E-state index contributed by atoms with van der Waals surface area (Å²) in [7, 11) is 0. The molecule has 0 aliphatic heterocycles. The Morgan fingerprint density at radius 3 is 2.05 bits per heavy atom. The molecular formula is C31H51N3O6. The Balaban J connectivity index is 3.52. The van der Waals surface area contributed by atoms with E-state index < -0.39 is 35.7 Å². The number of nitrogens with one attached hydrogen (secondary N) is 2. The molecule has 0 fully saturated rings. The van der Waals surface area contributed by atoms with Crippen LogP contribution in [-0.4, -0.2) is 59.6 Å². The minimum Gasteiger partial charge on any atom is -0.466 e. The summed E-state index contributed by atoms with van der Waals surface area (Å²) in [5.41, 5.74) is 0.925. The summed E-state index contributed by atoms with van der Waals surface area (Å²) in [5, 5.41) is 5.59. The zero-order chi connectivity index (χ0) is 30.6. The Morgan fingerprint density at radius 1 is 0.950 bits per heavy atom. The van der Waals surface area contributed by atoms with Crippen molar-refractivity contribution in [2.45, 2.75) is 112 Å². The van der Waals surface area contributed by atoms with Gasteiger partial charge in [0.15, 0.2) is 0 Å². The monoisotopic (exact) mass is 561 g/mol. The topological polar surface area (TPSA) is 114 Å². The number of carbonyl (C=O) groups excluding carboxylic acids is 4. The Labute approximate surface area is 240 Å². The number of ether oxygens (including phenoxy) is 2. The summed E-state index contributed by atoms with van der Waals surface area (Å²) in [5.74, 6) is -1.06. The lowest BCUT2D eigenvalue weighted by Gasteiger charge is -2.39. The maximum absolute atomic E-state index is 14.3. The van der Waals surface area contributed by atoms with Gasteiger partial charge >= 0.3 is 12.1 Å². The lowest BCUT2D eigenvalue weighted by Crippen LogP contribution is -2.57. The van der Waals surface area contributed by atoms with Crippen LogP contribution in [0.3, 0.4) is 0 Å². The van der Waals surface area contributed by atoms with Gasteiger partial charge in [0, 0.05) is 12.6 Å². The van der Waals surface area contributed by atoms with Gasteiger partial charge in [0.2, 0.25) is 11.8 Å². The molecule has 0 saturated heterocycles. The van der Waals surface area contributed by atoms with Crippen LogP contribution in [0.15, 0.2) is 24.3 Å². The van der Waals surface area contributed by atoms with Crippen LogP contribution in [0.4, 0.5) is 4.79 Å². The third-order valence-corrected chi connectivity index (χ3v) is 6.35. The van der Waals surface area contributed by atoms with Gasteiger partial charge in [-0.1, -0.05) is 57.5 Å². The third-order valence-electron chi connectivity index (χ3n) is 6.35. The predicted molar refractivity (Wildman–Crippen MR) is 157 cm³/mol. The lowest BCUT2D eigenvalue weighted by atomic mass is 9.94. The SMILES string of the molecule is CCOC(=O)CCNC(=O)C(c1ccc(C)cc1)N(C(=O)C(NC(=O)OC(C)(C)C)C(C)C)C(C)CCC(C)C. The average Bonchev–Trinajstić information content (AvgIpc) is 2.83.